The molecule has 1 atom stereocenters. The Morgan fingerprint density at radius 3 is 2.43 bits per heavy atom. The largest absolute Gasteiger partial charge is 0.324 e. The number of amides is 3. The summed E-state index contributed by atoms with van der Waals surface area (Å²) in [6, 6.07) is -0.368. The van der Waals surface area contributed by atoms with E-state index in [0.717, 1.165) is 19.3 Å². The van der Waals surface area contributed by atoms with Gasteiger partial charge in [0.2, 0.25) is 0 Å². The van der Waals surface area contributed by atoms with Crippen molar-refractivity contribution in [3.05, 3.63) is 0 Å². The molecule has 1 saturated heterocycles. The van der Waals surface area contributed by atoms with Gasteiger partial charge in [0, 0.05) is 0 Å². The maximum atomic E-state index is 11.4. The van der Waals surface area contributed by atoms with Crippen molar-refractivity contribution in [2.45, 2.75) is 51.5 Å². The molecule has 4 heteroatoms. The zero-order valence-corrected chi connectivity index (χ0v) is 8.85. The van der Waals surface area contributed by atoms with Gasteiger partial charge in [-0.25, -0.2) is 4.79 Å². The Bertz CT molecular complexity index is 240. The molecule has 1 unspecified atom stereocenters. The minimum Gasteiger partial charge on any atom is -0.324 e. The molecule has 0 aromatic heterocycles. The number of rotatable bonds is 5. The van der Waals surface area contributed by atoms with Crippen LogP contribution in [0.4, 0.5) is 4.79 Å². The van der Waals surface area contributed by atoms with E-state index >= 15 is 0 Å². The number of urea groups is 1. The van der Waals surface area contributed by atoms with Crippen molar-refractivity contribution in [2.24, 2.45) is 0 Å². The first-order valence-electron chi connectivity index (χ1n) is 5.22. The van der Waals surface area contributed by atoms with Gasteiger partial charge in [-0.3, -0.25) is 10.1 Å². The summed E-state index contributed by atoms with van der Waals surface area (Å²) in [5.41, 5.74) is -0.676. The smallest absolute Gasteiger partial charge is 0.322 e. The number of carbonyl (C=O) groups excluding carboxylic acids is 2. The Hall–Kier alpha value is -1.06. The van der Waals surface area contributed by atoms with Gasteiger partial charge in [-0.15, -0.1) is 0 Å². The topological polar surface area (TPSA) is 58.2 Å². The van der Waals surface area contributed by atoms with E-state index in [-0.39, 0.29) is 11.9 Å². The van der Waals surface area contributed by atoms with Gasteiger partial charge in [0.1, 0.15) is 5.54 Å². The third-order valence-corrected chi connectivity index (χ3v) is 2.65. The van der Waals surface area contributed by atoms with Crippen LogP contribution in [0.3, 0.4) is 0 Å². The van der Waals surface area contributed by atoms with E-state index < -0.39 is 5.54 Å². The molecular formula is C10H18N2O2. The first-order chi connectivity index (χ1) is 6.58. The molecule has 3 amide bonds. The molecule has 1 aliphatic heterocycles. The van der Waals surface area contributed by atoms with Crippen LogP contribution in [0.2, 0.25) is 0 Å². The first-order valence-corrected chi connectivity index (χ1v) is 5.22. The van der Waals surface area contributed by atoms with Crippen molar-refractivity contribution >= 4 is 11.9 Å². The SMILES string of the molecule is CCCCCCC1(C)NC(=O)NC1=O. The highest BCUT2D eigenvalue weighted by atomic mass is 16.2. The van der Waals surface area contributed by atoms with Crippen LogP contribution in [-0.2, 0) is 4.79 Å². The van der Waals surface area contributed by atoms with E-state index in [0.29, 0.717) is 0 Å². The number of unbranched alkanes of at least 4 members (excludes halogenated alkanes) is 3. The summed E-state index contributed by atoms with van der Waals surface area (Å²) in [5, 5.41) is 4.92. The second-order valence-corrected chi connectivity index (χ2v) is 4.05. The van der Waals surface area contributed by atoms with Gasteiger partial charge in [-0.05, 0) is 13.3 Å². The second kappa shape index (κ2) is 4.44. The monoisotopic (exact) mass is 198 g/mol. The Morgan fingerprint density at radius 2 is 1.93 bits per heavy atom. The fourth-order valence-electron chi connectivity index (χ4n) is 1.66. The zero-order valence-electron chi connectivity index (χ0n) is 8.85. The van der Waals surface area contributed by atoms with Gasteiger partial charge in [0.25, 0.3) is 5.91 Å². The average Bonchev–Trinajstić information content (AvgIpc) is 2.36. The predicted molar refractivity (Wildman–Crippen MR) is 53.8 cm³/mol. The molecule has 1 fully saturated rings. The Morgan fingerprint density at radius 1 is 1.21 bits per heavy atom. The van der Waals surface area contributed by atoms with Crippen LogP contribution in [0.5, 0.6) is 0 Å². The molecule has 80 valence electrons. The lowest BCUT2D eigenvalue weighted by Gasteiger charge is -2.19. The molecule has 0 saturated carbocycles. The minimum atomic E-state index is -0.676. The van der Waals surface area contributed by atoms with Crippen LogP contribution in [0.15, 0.2) is 0 Å². The average molecular weight is 198 g/mol. The maximum absolute atomic E-state index is 11.4. The van der Waals surface area contributed by atoms with Crippen LogP contribution < -0.4 is 10.6 Å². The quantitative estimate of drug-likeness (QED) is 0.520. The van der Waals surface area contributed by atoms with Gasteiger partial charge in [0.05, 0.1) is 0 Å². The summed E-state index contributed by atoms with van der Waals surface area (Å²) in [7, 11) is 0. The lowest BCUT2D eigenvalue weighted by molar-refractivity contribution is -0.123. The van der Waals surface area contributed by atoms with E-state index in [9.17, 15) is 9.59 Å². The Kier molecular flexibility index (Phi) is 3.49. The van der Waals surface area contributed by atoms with Gasteiger partial charge in [0.15, 0.2) is 0 Å². The highest BCUT2D eigenvalue weighted by molar-refractivity contribution is 6.06. The second-order valence-electron chi connectivity index (χ2n) is 4.05. The molecule has 0 aromatic rings. The third kappa shape index (κ3) is 2.47. The van der Waals surface area contributed by atoms with Crippen LogP contribution in [0.25, 0.3) is 0 Å². The standard InChI is InChI=1S/C10H18N2O2/c1-3-4-5-6-7-10(2)8(13)11-9(14)12-10/h3-7H2,1-2H3,(H2,11,12,13,14). The van der Waals surface area contributed by atoms with E-state index in [1.54, 1.807) is 6.92 Å². The van der Waals surface area contributed by atoms with Crippen LogP contribution in [0.1, 0.15) is 46.0 Å². The van der Waals surface area contributed by atoms with Gasteiger partial charge in [-0.2, -0.15) is 0 Å². The lowest BCUT2D eigenvalue weighted by Crippen LogP contribution is -2.43. The van der Waals surface area contributed by atoms with Crippen molar-refractivity contribution in [3.8, 4) is 0 Å². The van der Waals surface area contributed by atoms with Crippen molar-refractivity contribution in [1.29, 1.82) is 0 Å². The van der Waals surface area contributed by atoms with Gasteiger partial charge in [-0.1, -0.05) is 32.6 Å². The fraction of sp³-hybridized carbons (Fsp3) is 0.800. The molecule has 0 radical (unpaired) electrons. The highest BCUT2D eigenvalue weighted by Gasteiger charge is 2.40. The lowest BCUT2D eigenvalue weighted by atomic mass is 9.94. The van der Waals surface area contributed by atoms with Crippen molar-refractivity contribution in [2.75, 3.05) is 0 Å². The van der Waals surface area contributed by atoms with E-state index in [1.165, 1.54) is 12.8 Å². The summed E-state index contributed by atoms with van der Waals surface area (Å²) in [4.78, 5) is 22.3. The normalized spacial score (nSPS) is 26.1. The van der Waals surface area contributed by atoms with Crippen molar-refractivity contribution in [3.63, 3.8) is 0 Å². The Balaban J connectivity index is 2.35. The molecule has 0 aliphatic carbocycles. The Labute approximate surface area is 84.4 Å². The highest BCUT2D eigenvalue weighted by Crippen LogP contribution is 2.18. The number of hydrogen-bond acceptors (Lipinski definition) is 2. The molecule has 0 aromatic carbocycles. The molecule has 0 spiro atoms. The summed E-state index contributed by atoms with van der Waals surface area (Å²) < 4.78 is 0. The molecule has 14 heavy (non-hydrogen) atoms. The maximum Gasteiger partial charge on any atom is 0.322 e. The van der Waals surface area contributed by atoms with Gasteiger partial charge >= 0.3 is 6.03 Å². The van der Waals surface area contributed by atoms with E-state index in [1.807, 2.05) is 0 Å². The summed E-state index contributed by atoms with van der Waals surface area (Å²) in [6.07, 6.45) is 5.19. The third-order valence-electron chi connectivity index (χ3n) is 2.65. The number of hydrogen-bond donors (Lipinski definition) is 2. The van der Waals surface area contributed by atoms with Crippen LogP contribution in [-0.4, -0.2) is 17.5 Å². The number of carbonyl (C=O) groups is 2. The molecule has 1 heterocycles. The first kappa shape index (κ1) is 11.0. The van der Waals surface area contributed by atoms with E-state index in [2.05, 4.69) is 17.6 Å². The fourth-order valence-corrected chi connectivity index (χ4v) is 1.66. The van der Waals surface area contributed by atoms with Crippen molar-refractivity contribution in [1.82, 2.24) is 10.6 Å². The minimum absolute atomic E-state index is 0.195. The van der Waals surface area contributed by atoms with E-state index in [4.69, 9.17) is 0 Å². The predicted octanol–water partition coefficient (Wildman–Crippen LogP) is 1.55. The molecule has 1 aliphatic rings. The van der Waals surface area contributed by atoms with Crippen LogP contribution >= 0.6 is 0 Å². The zero-order chi connectivity index (χ0) is 10.6. The number of imide groups is 1. The van der Waals surface area contributed by atoms with Crippen molar-refractivity contribution < 1.29 is 9.59 Å². The number of nitrogens with one attached hydrogen (secondary N) is 2. The molecule has 0 bridgehead atoms. The molecule has 1 rings (SSSR count). The molecule has 2 N–H and O–H groups in total. The van der Waals surface area contributed by atoms with Gasteiger partial charge < -0.3 is 5.32 Å². The van der Waals surface area contributed by atoms with Crippen LogP contribution in [0, 0.1) is 0 Å². The molecule has 4 nitrogen and oxygen atoms in total. The summed E-state index contributed by atoms with van der Waals surface area (Å²) >= 11 is 0. The summed E-state index contributed by atoms with van der Waals surface area (Å²) in [5.74, 6) is -0.195. The summed E-state index contributed by atoms with van der Waals surface area (Å²) in [6.45, 7) is 3.92. The molecular weight excluding hydrogens is 180 g/mol.